The normalized spacial score (nSPS) is 28.8. The van der Waals surface area contributed by atoms with Crippen LogP contribution in [0.2, 0.25) is 0 Å². The van der Waals surface area contributed by atoms with Crippen molar-refractivity contribution in [1.82, 2.24) is 4.90 Å². The molecule has 1 aromatic carbocycles. The monoisotopic (exact) mass is 510 g/mol. The van der Waals surface area contributed by atoms with Crippen molar-refractivity contribution in [3.05, 3.63) is 54.6 Å². The molecule has 0 aliphatic carbocycles. The summed E-state index contributed by atoms with van der Waals surface area (Å²) in [5, 5.41) is 10.4. The van der Waals surface area contributed by atoms with E-state index in [2.05, 4.69) is 13.2 Å². The maximum Gasteiger partial charge on any atom is 0.312 e. The number of ether oxygens (including phenoxy) is 2. The Morgan fingerprint density at radius 1 is 1.27 bits per heavy atom. The van der Waals surface area contributed by atoms with Gasteiger partial charge < -0.3 is 24.4 Å². The molecule has 3 aliphatic heterocycles. The highest BCUT2D eigenvalue weighted by atomic mass is 16.6. The van der Waals surface area contributed by atoms with E-state index < -0.39 is 41.6 Å². The second-order valence-corrected chi connectivity index (χ2v) is 10.7. The van der Waals surface area contributed by atoms with Crippen molar-refractivity contribution in [2.24, 2.45) is 17.8 Å². The van der Waals surface area contributed by atoms with Gasteiger partial charge in [-0.15, -0.1) is 6.58 Å². The van der Waals surface area contributed by atoms with Gasteiger partial charge in [-0.25, -0.2) is 0 Å². The Morgan fingerprint density at radius 3 is 2.51 bits per heavy atom. The number of aryl methyl sites for hydroxylation is 2. The van der Waals surface area contributed by atoms with Crippen LogP contribution in [0.5, 0.6) is 0 Å². The Kier molecular flexibility index (Phi) is 7.62. The summed E-state index contributed by atoms with van der Waals surface area (Å²) in [5.74, 6) is -2.94. The van der Waals surface area contributed by atoms with Crippen LogP contribution < -0.4 is 4.90 Å². The van der Waals surface area contributed by atoms with E-state index in [1.165, 1.54) is 11.0 Å². The summed E-state index contributed by atoms with van der Waals surface area (Å²) in [4.78, 5) is 45.0. The molecule has 1 aromatic rings. The molecule has 2 bridgehead atoms. The maximum absolute atomic E-state index is 14.6. The summed E-state index contributed by atoms with van der Waals surface area (Å²) in [6.45, 7) is 15.1. The van der Waals surface area contributed by atoms with Crippen molar-refractivity contribution in [2.45, 2.75) is 64.3 Å². The third-order valence-corrected chi connectivity index (χ3v) is 8.19. The van der Waals surface area contributed by atoms with Crippen LogP contribution in [0.4, 0.5) is 5.69 Å². The number of hydrogen-bond donors (Lipinski definition) is 1. The summed E-state index contributed by atoms with van der Waals surface area (Å²) in [6, 6.07) is 4.21. The first-order valence-corrected chi connectivity index (χ1v) is 13.0. The van der Waals surface area contributed by atoms with Gasteiger partial charge in [-0.3, -0.25) is 14.4 Å². The van der Waals surface area contributed by atoms with E-state index in [1.54, 1.807) is 11.0 Å². The number of rotatable bonds is 10. The van der Waals surface area contributed by atoms with Crippen molar-refractivity contribution in [1.29, 1.82) is 0 Å². The zero-order valence-electron chi connectivity index (χ0n) is 22.2. The summed E-state index contributed by atoms with van der Waals surface area (Å²) in [6.07, 6.45) is 3.66. The highest BCUT2D eigenvalue weighted by Gasteiger charge is 2.75. The molecule has 37 heavy (non-hydrogen) atoms. The molecule has 0 radical (unpaired) electrons. The van der Waals surface area contributed by atoms with Gasteiger partial charge in [0.05, 0.1) is 30.6 Å². The van der Waals surface area contributed by atoms with E-state index in [0.29, 0.717) is 12.8 Å². The first kappa shape index (κ1) is 27.1. The SMILES string of the molecule is C=CCOC(=O)[C@@H]1[C@H]2C(=O)N([C@@H](CO)C(C)C)C(C(=O)N(CC=C)c3c(C)cccc3C)C23CC[C@H]1O3. The molecule has 3 fully saturated rings. The van der Waals surface area contributed by atoms with Gasteiger partial charge in [0, 0.05) is 12.2 Å². The molecule has 2 unspecified atom stereocenters. The molecule has 3 aliphatic rings. The Hall–Kier alpha value is -2.97. The van der Waals surface area contributed by atoms with Gasteiger partial charge in [0.1, 0.15) is 18.2 Å². The lowest BCUT2D eigenvalue weighted by molar-refractivity contribution is -0.155. The van der Waals surface area contributed by atoms with Gasteiger partial charge in [0.2, 0.25) is 5.91 Å². The van der Waals surface area contributed by atoms with E-state index in [9.17, 15) is 19.5 Å². The Bertz CT molecular complexity index is 1080. The zero-order valence-corrected chi connectivity index (χ0v) is 22.2. The number of anilines is 1. The number of aliphatic hydroxyl groups excluding tert-OH is 1. The molecule has 0 aromatic heterocycles. The minimum absolute atomic E-state index is 0.0347. The molecular formula is C29H38N2O6. The molecule has 200 valence electrons. The molecule has 8 nitrogen and oxygen atoms in total. The summed E-state index contributed by atoms with van der Waals surface area (Å²) in [7, 11) is 0. The quantitative estimate of drug-likeness (QED) is 0.384. The fraction of sp³-hybridized carbons (Fsp3) is 0.552. The second kappa shape index (κ2) is 10.4. The average Bonchev–Trinajstić information content (AvgIpc) is 3.49. The molecule has 8 heteroatoms. The van der Waals surface area contributed by atoms with Crippen molar-refractivity contribution >= 4 is 23.5 Å². The molecular weight excluding hydrogens is 472 g/mol. The molecule has 3 saturated heterocycles. The number of amides is 2. The van der Waals surface area contributed by atoms with Crippen LogP contribution in [0.25, 0.3) is 0 Å². The number of carbonyl (C=O) groups is 3. The number of hydrogen-bond acceptors (Lipinski definition) is 6. The molecule has 6 atom stereocenters. The van der Waals surface area contributed by atoms with Gasteiger partial charge in [0.15, 0.2) is 0 Å². The van der Waals surface area contributed by atoms with Crippen LogP contribution in [-0.2, 0) is 23.9 Å². The van der Waals surface area contributed by atoms with Gasteiger partial charge >= 0.3 is 5.97 Å². The molecule has 3 heterocycles. The van der Waals surface area contributed by atoms with Crippen molar-refractivity contribution < 1.29 is 29.0 Å². The van der Waals surface area contributed by atoms with Crippen LogP contribution in [0, 0.1) is 31.6 Å². The van der Waals surface area contributed by atoms with Crippen molar-refractivity contribution in [3.8, 4) is 0 Å². The first-order chi connectivity index (χ1) is 17.6. The van der Waals surface area contributed by atoms with E-state index in [0.717, 1.165) is 16.8 Å². The topological polar surface area (TPSA) is 96.4 Å². The lowest BCUT2D eigenvalue weighted by atomic mass is 9.70. The Morgan fingerprint density at radius 2 is 1.95 bits per heavy atom. The second-order valence-electron chi connectivity index (χ2n) is 10.7. The first-order valence-electron chi connectivity index (χ1n) is 13.0. The summed E-state index contributed by atoms with van der Waals surface area (Å²) >= 11 is 0. The number of likely N-dealkylation sites (tertiary alicyclic amines) is 1. The fourth-order valence-corrected chi connectivity index (χ4v) is 6.65. The number of esters is 1. The van der Waals surface area contributed by atoms with Crippen LogP contribution in [0.15, 0.2) is 43.5 Å². The van der Waals surface area contributed by atoms with Crippen molar-refractivity contribution in [3.63, 3.8) is 0 Å². The lowest BCUT2D eigenvalue weighted by Crippen LogP contribution is -2.60. The highest BCUT2D eigenvalue weighted by molar-refractivity contribution is 6.05. The van der Waals surface area contributed by atoms with E-state index in [4.69, 9.17) is 9.47 Å². The minimum Gasteiger partial charge on any atom is -0.461 e. The molecule has 1 spiro atoms. The van der Waals surface area contributed by atoms with Gasteiger partial charge in [-0.05, 0) is 43.7 Å². The van der Waals surface area contributed by atoms with Crippen LogP contribution in [0.3, 0.4) is 0 Å². The number of nitrogens with zero attached hydrogens (tertiary/aromatic N) is 2. The van der Waals surface area contributed by atoms with Crippen molar-refractivity contribution in [2.75, 3.05) is 24.7 Å². The minimum atomic E-state index is -1.17. The number of para-hydroxylation sites is 1. The Labute approximate surface area is 218 Å². The third kappa shape index (κ3) is 4.20. The van der Waals surface area contributed by atoms with E-state index >= 15 is 0 Å². The number of fused-ring (bicyclic) bond motifs is 1. The van der Waals surface area contributed by atoms with Crippen LogP contribution in [-0.4, -0.2) is 71.3 Å². The standard InChI is InChI=1S/C29H38N2O6/c1-7-14-30(24-18(5)10-9-11-19(24)6)27(34)25-29-13-12-21(37-29)22(28(35)36-15-8-2)23(29)26(33)31(25)20(16-32)17(3)4/h7-11,17,20-23,25,32H,1-2,12-16H2,3-6H3/t20-,21+,22-,23-,25?,29?/m0/s1. The van der Waals surface area contributed by atoms with E-state index in [-0.39, 0.29) is 37.5 Å². The van der Waals surface area contributed by atoms with Crippen LogP contribution >= 0.6 is 0 Å². The molecule has 4 rings (SSSR count). The summed E-state index contributed by atoms with van der Waals surface area (Å²) in [5.41, 5.74) is 1.43. The van der Waals surface area contributed by atoms with Gasteiger partial charge in [-0.2, -0.15) is 0 Å². The Balaban J connectivity index is 1.85. The van der Waals surface area contributed by atoms with Gasteiger partial charge in [0.25, 0.3) is 5.91 Å². The summed E-state index contributed by atoms with van der Waals surface area (Å²) < 4.78 is 11.9. The van der Waals surface area contributed by atoms with E-state index in [1.807, 2.05) is 45.9 Å². The number of benzene rings is 1. The third-order valence-electron chi connectivity index (χ3n) is 8.19. The molecule has 0 saturated carbocycles. The fourth-order valence-electron chi connectivity index (χ4n) is 6.65. The van der Waals surface area contributed by atoms with Gasteiger partial charge in [-0.1, -0.05) is 50.8 Å². The number of carbonyl (C=O) groups excluding carboxylic acids is 3. The largest absolute Gasteiger partial charge is 0.461 e. The zero-order chi connectivity index (χ0) is 27.1. The average molecular weight is 511 g/mol. The highest BCUT2D eigenvalue weighted by Crippen LogP contribution is 2.59. The molecule has 1 N–H and O–H groups in total. The smallest absolute Gasteiger partial charge is 0.312 e. The lowest BCUT2D eigenvalue weighted by Gasteiger charge is -2.41. The molecule has 2 amide bonds. The van der Waals surface area contributed by atoms with Crippen LogP contribution in [0.1, 0.15) is 37.8 Å². The predicted octanol–water partition coefficient (Wildman–Crippen LogP) is 2.94. The predicted molar refractivity (Wildman–Crippen MR) is 140 cm³/mol. The number of aliphatic hydroxyl groups is 1. The maximum atomic E-state index is 14.6.